The van der Waals surface area contributed by atoms with E-state index in [0.29, 0.717) is 0 Å². The number of carbonyl (C=O) groups excluding carboxylic acids is 1. The van der Waals surface area contributed by atoms with Gasteiger partial charge in [-0.25, -0.2) is 4.98 Å². The van der Waals surface area contributed by atoms with Crippen molar-refractivity contribution in [1.82, 2.24) is 9.88 Å². The zero-order chi connectivity index (χ0) is 15.1. The number of hydrogen-bond acceptors (Lipinski definition) is 3. The van der Waals surface area contributed by atoms with Crippen LogP contribution in [0.4, 0.5) is 4.39 Å². The Morgan fingerprint density at radius 1 is 1.27 bits per heavy atom. The van der Waals surface area contributed by atoms with Gasteiger partial charge in [0.15, 0.2) is 0 Å². The molecule has 1 atom stereocenters. The number of halogens is 1. The predicted molar refractivity (Wildman–Crippen MR) is 83.4 cm³/mol. The van der Waals surface area contributed by atoms with Crippen LogP contribution in [0.15, 0.2) is 29.1 Å². The summed E-state index contributed by atoms with van der Waals surface area (Å²) in [5.41, 5.74) is 3.73. The number of pyridine rings is 1. The summed E-state index contributed by atoms with van der Waals surface area (Å²) >= 11 is 1.72. The summed E-state index contributed by atoms with van der Waals surface area (Å²) in [6.07, 6.45) is 4.31. The highest BCUT2D eigenvalue weighted by Gasteiger charge is 2.35. The predicted octanol–water partition coefficient (Wildman–Crippen LogP) is 3.01. The van der Waals surface area contributed by atoms with E-state index in [0.717, 1.165) is 37.9 Å². The lowest BCUT2D eigenvalue weighted by Gasteiger charge is -2.20. The van der Waals surface area contributed by atoms with E-state index in [4.69, 9.17) is 0 Å². The first-order chi connectivity index (χ1) is 10.7. The van der Waals surface area contributed by atoms with Gasteiger partial charge in [0.25, 0.3) is 0 Å². The van der Waals surface area contributed by atoms with Gasteiger partial charge < -0.3 is 4.90 Å². The van der Waals surface area contributed by atoms with Crippen LogP contribution in [-0.4, -0.2) is 28.9 Å². The molecule has 1 aliphatic carbocycles. The van der Waals surface area contributed by atoms with Crippen LogP contribution in [0.5, 0.6) is 0 Å². The molecule has 1 unspecified atom stereocenters. The Morgan fingerprint density at radius 2 is 2.05 bits per heavy atom. The van der Waals surface area contributed by atoms with E-state index in [2.05, 4.69) is 15.7 Å². The average molecular weight is 316 g/mol. The summed E-state index contributed by atoms with van der Waals surface area (Å²) in [6, 6.07) is 3.18. The molecule has 114 valence electrons. The fourth-order valence-electron chi connectivity index (χ4n) is 3.61. The summed E-state index contributed by atoms with van der Waals surface area (Å²) in [5.74, 6) is 0.223. The minimum absolute atomic E-state index is 0.114. The van der Waals surface area contributed by atoms with E-state index in [9.17, 15) is 9.18 Å². The molecule has 0 aromatic carbocycles. The number of aromatic nitrogens is 1. The van der Waals surface area contributed by atoms with Gasteiger partial charge >= 0.3 is 0 Å². The molecule has 3 nitrogen and oxygen atoms in total. The summed E-state index contributed by atoms with van der Waals surface area (Å²) in [6.45, 7) is 1.53. The molecule has 0 bridgehead atoms. The van der Waals surface area contributed by atoms with Crippen LogP contribution in [0, 0.1) is 11.9 Å². The molecule has 2 aromatic rings. The van der Waals surface area contributed by atoms with Gasteiger partial charge in [0.2, 0.25) is 11.9 Å². The molecule has 1 aliphatic heterocycles. The highest BCUT2D eigenvalue weighted by molar-refractivity contribution is 7.08. The summed E-state index contributed by atoms with van der Waals surface area (Å²) in [7, 11) is 0. The zero-order valence-electron chi connectivity index (χ0n) is 12.2. The first kappa shape index (κ1) is 13.9. The Hall–Kier alpha value is -1.75. The molecule has 22 heavy (non-hydrogen) atoms. The van der Waals surface area contributed by atoms with Gasteiger partial charge in [0.05, 0.1) is 0 Å². The lowest BCUT2D eigenvalue weighted by Crippen LogP contribution is -2.34. The van der Waals surface area contributed by atoms with E-state index < -0.39 is 5.95 Å². The minimum Gasteiger partial charge on any atom is -0.342 e. The largest absolute Gasteiger partial charge is 0.342 e. The van der Waals surface area contributed by atoms with Crippen LogP contribution in [0.3, 0.4) is 0 Å². The number of likely N-dealkylation sites (tertiary alicyclic amines) is 1. The minimum atomic E-state index is -0.452. The van der Waals surface area contributed by atoms with Crippen LogP contribution < -0.4 is 0 Å². The second kappa shape index (κ2) is 5.47. The van der Waals surface area contributed by atoms with Crippen molar-refractivity contribution in [3.05, 3.63) is 51.7 Å². The van der Waals surface area contributed by atoms with Gasteiger partial charge in [-0.15, -0.1) is 0 Å². The fraction of sp³-hybridized carbons (Fsp3) is 0.412. The lowest BCUT2D eigenvalue weighted by molar-refractivity contribution is -0.134. The molecule has 3 heterocycles. The van der Waals surface area contributed by atoms with Gasteiger partial charge in [-0.3, -0.25) is 4.79 Å². The van der Waals surface area contributed by atoms with Crippen molar-refractivity contribution in [2.24, 2.45) is 5.92 Å². The molecular weight excluding hydrogens is 299 g/mol. The topological polar surface area (TPSA) is 33.2 Å². The molecule has 5 heteroatoms. The number of fused-ring (bicyclic) bond motifs is 1. The Bertz CT molecular complexity index is 676. The van der Waals surface area contributed by atoms with Crippen LogP contribution in [0.25, 0.3) is 0 Å². The molecule has 1 fully saturated rings. The lowest BCUT2D eigenvalue weighted by atomic mass is 10.0. The van der Waals surface area contributed by atoms with Gasteiger partial charge in [0, 0.05) is 31.1 Å². The Morgan fingerprint density at radius 3 is 2.73 bits per heavy atom. The van der Waals surface area contributed by atoms with Gasteiger partial charge in [-0.05, 0) is 52.8 Å². The van der Waals surface area contributed by atoms with Crippen molar-refractivity contribution in [2.75, 3.05) is 13.1 Å². The standard InChI is InChI=1S/C17H17FN2OS/c18-16-2-1-11(7-19-16)12-3-4-20(8-12)17(21)13-5-14-9-22-10-15(14)6-13/h1-2,7,9-10,12-13H,3-6,8H2. The highest BCUT2D eigenvalue weighted by atomic mass is 32.1. The third-order valence-electron chi connectivity index (χ3n) is 4.84. The average Bonchev–Trinajstić information content (AvgIpc) is 3.22. The molecule has 0 N–H and O–H groups in total. The summed E-state index contributed by atoms with van der Waals surface area (Å²) < 4.78 is 12.9. The number of thiophene rings is 1. The summed E-state index contributed by atoms with van der Waals surface area (Å²) in [5, 5.41) is 4.33. The first-order valence-corrected chi connectivity index (χ1v) is 8.59. The van der Waals surface area contributed by atoms with Crippen molar-refractivity contribution >= 4 is 17.2 Å². The Balaban J connectivity index is 1.41. The normalized spacial score (nSPS) is 21.3. The maximum absolute atomic E-state index is 12.9. The Labute approximate surface area is 132 Å². The van der Waals surface area contributed by atoms with E-state index in [1.54, 1.807) is 23.6 Å². The second-order valence-electron chi connectivity index (χ2n) is 6.21. The fourth-order valence-corrected chi connectivity index (χ4v) is 4.50. The van der Waals surface area contributed by atoms with E-state index >= 15 is 0 Å². The maximum Gasteiger partial charge on any atom is 0.226 e. The number of hydrogen-bond donors (Lipinski definition) is 0. The molecule has 1 amide bonds. The molecule has 0 radical (unpaired) electrons. The molecule has 0 saturated carbocycles. The summed E-state index contributed by atoms with van der Waals surface area (Å²) in [4.78, 5) is 18.4. The van der Waals surface area contributed by atoms with Crippen LogP contribution in [0.2, 0.25) is 0 Å². The van der Waals surface area contributed by atoms with Crippen LogP contribution in [-0.2, 0) is 17.6 Å². The van der Waals surface area contributed by atoms with Crippen LogP contribution >= 0.6 is 11.3 Å². The van der Waals surface area contributed by atoms with Crippen molar-refractivity contribution in [3.8, 4) is 0 Å². The van der Waals surface area contributed by atoms with Gasteiger partial charge in [0.1, 0.15) is 0 Å². The smallest absolute Gasteiger partial charge is 0.226 e. The van der Waals surface area contributed by atoms with Crippen molar-refractivity contribution < 1.29 is 9.18 Å². The molecule has 4 rings (SSSR count). The quantitative estimate of drug-likeness (QED) is 0.798. The highest BCUT2D eigenvalue weighted by Crippen LogP contribution is 2.33. The van der Waals surface area contributed by atoms with E-state index in [1.165, 1.54) is 17.2 Å². The molecule has 2 aromatic heterocycles. The number of amides is 1. The molecule has 2 aliphatic rings. The number of nitrogens with zero attached hydrogens (tertiary/aromatic N) is 2. The molecular formula is C17H17FN2OS. The van der Waals surface area contributed by atoms with Crippen molar-refractivity contribution in [1.29, 1.82) is 0 Å². The maximum atomic E-state index is 12.9. The third-order valence-corrected chi connectivity index (χ3v) is 5.68. The van der Waals surface area contributed by atoms with Crippen LogP contribution in [0.1, 0.15) is 29.0 Å². The van der Waals surface area contributed by atoms with Crippen molar-refractivity contribution in [3.63, 3.8) is 0 Å². The second-order valence-corrected chi connectivity index (χ2v) is 6.96. The number of carbonyl (C=O) groups is 1. The zero-order valence-corrected chi connectivity index (χ0v) is 13.0. The number of rotatable bonds is 2. The van der Waals surface area contributed by atoms with E-state index in [-0.39, 0.29) is 17.7 Å². The Kier molecular flexibility index (Phi) is 3.45. The van der Waals surface area contributed by atoms with E-state index in [1.807, 2.05) is 4.90 Å². The first-order valence-electron chi connectivity index (χ1n) is 7.65. The monoisotopic (exact) mass is 316 g/mol. The van der Waals surface area contributed by atoms with Gasteiger partial charge in [-0.1, -0.05) is 6.07 Å². The molecule has 0 spiro atoms. The SMILES string of the molecule is O=C(C1Cc2cscc2C1)N1CCC(c2ccc(F)nc2)C1. The van der Waals surface area contributed by atoms with Gasteiger partial charge in [-0.2, -0.15) is 15.7 Å². The third kappa shape index (κ3) is 2.43. The van der Waals surface area contributed by atoms with Crippen molar-refractivity contribution in [2.45, 2.75) is 25.2 Å². The molecule has 1 saturated heterocycles.